The monoisotopic (exact) mass is 259 g/mol. The van der Waals surface area contributed by atoms with Gasteiger partial charge in [0, 0.05) is 11.8 Å². The molecule has 0 radical (unpaired) electrons. The van der Waals surface area contributed by atoms with Crippen LogP contribution < -0.4 is 0 Å². The van der Waals surface area contributed by atoms with Crippen molar-refractivity contribution in [1.29, 1.82) is 0 Å². The third kappa shape index (κ3) is 1.75. The molecule has 0 N–H and O–H groups in total. The highest BCUT2D eigenvalue weighted by atomic mass is 15.0. The van der Waals surface area contributed by atoms with Gasteiger partial charge in [-0.2, -0.15) is 0 Å². The molecule has 0 atom stereocenters. The molecule has 0 saturated carbocycles. The summed E-state index contributed by atoms with van der Waals surface area (Å²) in [5.41, 5.74) is 5.29. The molecule has 0 unspecified atom stereocenters. The number of imidazole rings is 1. The predicted octanol–water partition coefficient (Wildman–Crippen LogP) is 3.74. The molecule has 1 aromatic carbocycles. The van der Waals surface area contributed by atoms with Gasteiger partial charge in [0.25, 0.3) is 0 Å². The van der Waals surface area contributed by atoms with Crippen LogP contribution in [0.4, 0.5) is 0 Å². The zero-order valence-corrected chi connectivity index (χ0v) is 10.9. The first-order valence-corrected chi connectivity index (χ1v) is 6.67. The van der Waals surface area contributed by atoms with Crippen molar-refractivity contribution >= 4 is 11.2 Å². The van der Waals surface area contributed by atoms with Crippen LogP contribution in [-0.2, 0) is 0 Å². The first-order valence-electron chi connectivity index (χ1n) is 6.67. The molecule has 0 saturated heterocycles. The molecule has 96 valence electrons. The van der Waals surface area contributed by atoms with E-state index in [1.807, 2.05) is 30.6 Å². The van der Waals surface area contributed by atoms with E-state index in [0.717, 1.165) is 29.0 Å². The molecule has 0 bridgehead atoms. The molecule has 0 fully saturated rings. The van der Waals surface area contributed by atoms with Crippen LogP contribution in [0.5, 0.6) is 0 Å². The number of rotatable bonds is 2. The Morgan fingerprint density at radius 2 is 1.90 bits per heavy atom. The Hall–Kier alpha value is -2.68. The van der Waals surface area contributed by atoms with Crippen LogP contribution in [0.25, 0.3) is 22.5 Å². The first kappa shape index (κ1) is 11.2. The Bertz CT molecular complexity index is 826. The van der Waals surface area contributed by atoms with E-state index in [2.05, 4.69) is 50.9 Å². The van der Waals surface area contributed by atoms with Gasteiger partial charge in [0.2, 0.25) is 0 Å². The second-order valence-electron chi connectivity index (χ2n) is 4.81. The maximum absolute atomic E-state index is 4.50. The Labute approximate surface area is 116 Å². The highest BCUT2D eigenvalue weighted by Gasteiger charge is 2.10. The number of allylic oxidation sites excluding steroid dienone is 4. The van der Waals surface area contributed by atoms with Crippen LogP contribution in [0, 0.1) is 0 Å². The summed E-state index contributed by atoms with van der Waals surface area (Å²) in [6.45, 7) is 0. The Morgan fingerprint density at radius 1 is 1.00 bits per heavy atom. The lowest BCUT2D eigenvalue weighted by atomic mass is 10.1. The van der Waals surface area contributed by atoms with Gasteiger partial charge in [-0.3, -0.25) is 9.38 Å². The molecule has 3 heteroatoms. The highest BCUT2D eigenvalue weighted by molar-refractivity contribution is 5.76. The lowest BCUT2D eigenvalue weighted by Gasteiger charge is -2.04. The standard InChI is InChI=1S/C17H13N3/c1-2-6-13(7-3-1)15-12-20-16(14-8-4-5-9-14)10-19-17(20)11-18-15/h1-4,6-12H,5H2. The summed E-state index contributed by atoms with van der Waals surface area (Å²) in [5, 5.41) is 0. The van der Waals surface area contributed by atoms with Gasteiger partial charge in [-0.15, -0.1) is 0 Å². The fraction of sp³-hybridized carbons (Fsp3) is 0.0588. The molecule has 3 aromatic rings. The van der Waals surface area contributed by atoms with Crippen LogP contribution in [-0.4, -0.2) is 14.4 Å². The van der Waals surface area contributed by atoms with Crippen LogP contribution in [0.1, 0.15) is 12.1 Å². The molecule has 0 amide bonds. The second kappa shape index (κ2) is 4.46. The minimum absolute atomic E-state index is 0.876. The van der Waals surface area contributed by atoms with Gasteiger partial charge < -0.3 is 0 Å². The van der Waals surface area contributed by atoms with E-state index >= 15 is 0 Å². The Kier molecular flexibility index (Phi) is 2.49. The topological polar surface area (TPSA) is 30.2 Å². The van der Waals surface area contributed by atoms with E-state index in [-0.39, 0.29) is 0 Å². The van der Waals surface area contributed by atoms with Gasteiger partial charge in [-0.05, 0) is 12.0 Å². The number of hydrogen-bond acceptors (Lipinski definition) is 2. The zero-order chi connectivity index (χ0) is 13.4. The molecule has 0 spiro atoms. The molecule has 20 heavy (non-hydrogen) atoms. The molecule has 2 aromatic heterocycles. The van der Waals surface area contributed by atoms with Gasteiger partial charge in [0.15, 0.2) is 5.65 Å². The Balaban J connectivity index is 1.90. The van der Waals surface area contributed by atoms with Gasteiger partial charge in [-0.25, -0.2) is 4.98 Å². The first-order chi connectivity index (χ1) is 9.92. The number of benzene rings is 1. The summed E-state index contributed by atoms with van der Waals surface area (Å²) in [6.07, 6.45) is 13.3. The number of aromatic nitrogens is 3. The minimum Gasteiger partial charge on any atom is -0.296 e. The number of hydrogen-bond donors (Lipinski definition) is 0. The van der Waals surface area contributed by atoms with Crippen molar-refractivity contribution in [3.8, 4) is 11.3 Å². The van der Waals surface area contributed by atoms with E-state index in [1.54, 1.807) is 0 Å². The highest BCUT2D eigenvalue weighted by Crippen LogP contribution is 2.24. The van der Waals surface area contributed by atoms with Crippen molar-refractivity contribution in [2.24, 2.45) is 0 Å². The summed E-state index contributed by atoms with van der Waals surface area (Å²) in [7, 11) is 0. The van der Waals surface area contributed by atoms with Gasteiger partial charge in [-0.1, -0.05) is 48.6 Å². The van der Waals surface area contributed by atoms with E-state index in [4.69, 9.17) is 0 Å². The third-order valence-corrected chi connectivity index (χ3v) is 3.53. The molecule has 4 rings (SSSR count). The quantitative estimate of drug-likeness (QED) is 0.701. The van der Waals surface area contributed by atoms with Crippen LogP contribution >= 0.6 is 0 Å². The second-order valence-corrected chi connectivity index (χ2v) is 4.81. The predicted molar refractivity (Wildman–Crippen MR) is 80.2 cm³/mol. The molecular formula is C17H13N3. The minimum atomic E-state index is 0.876. The van der Waals surface area contributed by atoms with Crippen LogP contribution in [0.15, 0.2) is 67.2 Å². The normalized spacial score (nSPS) is 13.9. The largest absolute Gasteiger partial charge is 0.296 e. The Morgan fingerprint density at radius 3 is 2.70 bits per heavy atom. The van der Waals surface area contributed by atoms with Crippen molar-refractivity contribution < 1.29 is 0 Å². The fourth-order valence-electron chi connectivity index (χ4n) is 2.51. The summed E-state index contributed by atoms with van der Waals surface area (Å²) in [6, 6.07) is 10.2. The fourth-order valence-corrected chi connectivity index (χ4v) is 2.51. The van der Waals surface area contributed by atoms with Crippen molar-refractivity contribution in [2.75, 3.05) is 0 Å². The molecule has 1 aliphatic carbocycles. The van der Waals surface area contributed by atoms with Crippen molar-refractivity contribution in [2.45, 2.75) is 6.42 Å². The van der Waals surface area contributed by atoms with Crippen molar-refractivity contribution in [3.63, 3.8) is 0 Å². The van der Waals surface area contributed by atoms with Crippen molar-refractivity contribution in [1.82, 2.24) is 14.4 Å². The SMILES string of the molecule is C1=CC(c2cnc3cnc(-c4ccccc4)cn23)=CC1. The summed E-state index contributed by atoms with van der Waals surface area (Å²) in [4.78, 5) is 8.92. The lowest BCUT2D eigenvalue weighted by molar-refractivity contribution is 1.11. The molecule has 2 heterocycles. The number of fused-ring (bicyclic) bond motifs is 1. The summed E-state index contributed by atoms with van der Waals surface area (Å²) >= 11 is 0. The molecule has 0 aliphatic heterocycles. The maximum atomic E-state index is 4.50. The zero-order valence-electron chi connectivity index (χ0n) is 10.9. The van der Waals surface area contributed by atoms with Crippen LogP contribution in [0.2, 0.25) is 0 Å². The van der Waals surface area contributed by atoms with Crippen molar-refractivity contribution in [3.05, 3.63) is 72.8 Å². The summed E-state index contributed by atoms with van der Waals surface area (Å²) < 4.78 is 2.11. The van der Waals surface area contributed by atoms with E-state index in [1.165, 1.54) is 5.57 Å². The van der Waals surface area contributed by atoms with Gasteiger partial charge in [0.1, 0.15) is 0 Å². The van der Waals surface area contributed by atoms with E-state index < -0.39 is 0 Å². The van der Waals surface area contributed by atoms with Crippen LogP contribution in [0.3, 0.4) is 0 Å². The average molecular weight is 259 g/mol. The molecular weight excluding hydrogens is 246 g/mol. The maximum Gasteiger partial charge on any atom is 0.155 e. The van der Waals surface area contributed by atoms with Gasteiger partial charge in [0.05, 0.1) is 23.8 Å². The van der Waals surface area contributed by atoms with Gasteiger partial charge >= 0.3 is 0 Å². The van der Waals surface area contributed by atoms with E-state index in [0.29, 0.717) is 0 Å². The third-order valence-electron chi connectivity index (χ3n) is 3.53. The molecule has 1 aliphatic rings. The average Bonchev–Trinajstić information content (AvgIpc) is 3.16. The lowest BCUT2D eigenvalue weighted by Crippen LogP contribution is -1.94. The summed E-state index contributed by atoms with van der Waals surface area (Å²) in [5.74, 6) is 0. The smallest absolute Gasteiger partial charge is 0.155 e. The van der Waals surface area contributed by atoms with E-state index in [9.17, 15) is 0 Å². The number of nitrogens with zero attached hydrogens (tertiary/aromatic N) is 3. The molecule has 3 nitrogen and oxygen atoms in total.